The minimum absolute atomic E-state index is 0.157. The second-order valence-corrected chi connectivity index (χ2v) is 6.63. The minimum atomic E-state index is -0.476. The molecule has 0 fully saturated rings. The van der Waals surface area contributed by atoms with Gasteiger partial charge in [-0.15, -0.1) is 0 Å². The first-order chi connectivity index (χ1) is 13.2. The highest BCUT2D eigenvalue weighted by Gasteiger charge is 2.22. The molecular formula is C24H21NO2. The number of hydrogen-bond acceptors (Lipinski definition) is 2. The molecule has 0 saturated carbocycles. The third-order valence-corrected chi connectivity index (χ3v) is 4.89. The highest BCUT2D eigenvalue weighted by Crippen LogP contribution is 2.38. The van der Waals surface area contributed by atoms with Crippen LogP contribution in [0, 0.1) is 0 Å². The first-order valence-corrected chi connectivity index (χ1v) is 9.11. The Morgan fingerprint density at radius 2 is 2.04 bits per heavy atom. The molecule has 1 aliphatic rings. The van der Waals surface area contributed by atoms with Gasteiger partial charge >= 0.3 is 5.97 Å². The Hall–Kier alpha value is -3.33. The van der Waals surface area contributed by atoms with Crippen molar-refractivity contribution in [2.45, 2.75) is 19.3 Å². The summed E-state index contributed by atoms with van der Waals surface area (Å²) in [5.41, 5.74) is 2.93. The Kier molecular flexibility index (Phi) is 4.51. The molecule has 0 aliphatic heterocycles. The maximum Gasteiger partial charge on any atom is 0.355 e. The van der Waals surface area contributed by atoms with Crippen molar-refractivity contribution in [1.82, 2.24) is 4.73 Å². The molecular weight excluding hydrogens is 334 g/mol. The number of nitrogens with zero attached hydrogens (tertiary/aromatic N) is 1. The molecule has 0 bridgehead atoms. The van der Waals surface area contributed by atoms with Crippen molar-refractivity contribution in [1.29, 1.82) is 0 Å². The van der Waals surface area contributed by atoms with Gasteiger partial charge in [0.2, 0.25) is 0 Å². The molecule has 2 aromatic carbocycles. The first-order valence-electron chi connectivity index (χ1n) is 9.11. The lowest BCUT2D eigenvalue weighted by molar-refractivity contribution is -0.137. The predicted molar refractivity (Wildman–Crippen MR) is 112 cm³/mol. The molecule has 3 nitrogen and oxygen atoms in total. The summed E-state index contributed by atoms with van der Waals surface area (Å²) in [5, 5.41) is 3.43. The van der Waals surface area contributed by atoms with E-state index >= 15 is 0 Å². The average Bonchev–Trinajstić information content (AvgIpc) is 3.01. The van der Waals surface area contributed by atoms with Gasteiger partial charge in [-0.1, -0.05) is 74.2 Å². The highest BCUT2D eigenvalue weighted by molar-refractivity contribution is 6.10. The molecule has 0 N–H and O–H groups in total. The first kappa shape index (κ1) is 17.1. The van der Waals surface area contributed by atoms with Gasteiger partial charge in [-0.2, -0.15) is 4.73 Å². The quantitative estimate of drug-likeness (QED) is 0.563. The van der Waals surface area contributed by atoms with Gasteiger partial charge in [-0.3, -0.25) is 0 Å². The highest BCUT2D eigenvalue weighted by atomic mass is 16.7. The summed E-state index contributed by atoms with van der Waals surface area (Å²) in [6, 6.07) is 12.4. The molecule has 0 spiro atoms. The summed E-state index contributed by atoms with van der Waals surface area (Å²) in [6.07, 6.45) is 14.6. The maximum absolute atomic E-state index is 12.0. The van der Waals surface area contributed by atoms with Gasteiger partial charge in [0, 0.05) is 17.4 Å². The zero-order valence-corrected chi connectivity index (χ0v) is 15.3. The van der Waals surface area contributed by atoms with Crippen molar-refractivity contribution in [3.8, 4) is 0 Å². The standard InChI is InChI=1S/C24H21NO2/c1-3-22(26)27-25-20-14-8-6-4-5-7-11-17(2)23(20)24-19-13-10-9-12-18(19)15-16-21(24)25/h3-5,7-17H,1,6H2,2H3/b5-4-,11-7-,14-8-. The Balaban J connectivity index is 2.13. The fourth-order valence-electron chi connectivity index (χ4n) is 3.67. The Morgan fingerprint density at radius 3 is 2.89 bits per heavy atom. The molecule has 3 heteroatoms. The maximum atomic E-state index is 12.0. The van der Waals surface area contributed by atoms with Gasteiger partial charge in [0.05, 0.1) is 11.2 Å². The number of fused-ring (bicyclic) bond motifs is 5. The summed E-state index contributed by atoms with van der Waals surface area (Å²) in [7, 11) is 0. The summed E-state index contributed by atoms with van der Waals surface area (Å²) in [5.74, 6) is -0.319. The zero-order valence-electron chi connectivity index (χ0n) is 15.3. The van der Waals surface area contributed by atoms with Crippen LogP contribution in [0.1, 0.15) is 30.5 Å². The van der Waals surface area contributed by atoms with E-state index in [0.29, 0.717) is 0 Å². The van der Waals surface area contributed by atoms with Gasteiger partial charge in [0.1, 0.15) is 0 Å². The second-order valence-electron chi connectivity index (χ2n) is 6.63. The van der Waals surface area contributed by atoms with Crippen LogP contribution in [0.3, 0.4) is 0 Å². The summed E-state index contributed by atoms with van der Waals surface area (Å²) in [6.45, 7) is 5.70. The molecule has 3 aromatic rings. The molecule has 0 amide bonds. The zero-order chi connectivity index (χ0) is 18.8. The van der Waals surface area contributed by atoms with E-state index < -0.39 is 5.97 Å². The Bertz CT molecular complexity index is 1130. The van der Waals surface area contributed by atoms with Crippen LogP contribution in [0.2, 0.25) is 0 Å². The molecule has 1 aliphatic carbocycles. The lowest BCUT2D eigenvalue weighted by Crippen LogP contribution is -2.18. The van der Waals surface area contributed by atoms with Gasteiger partial charge < -0.3 is 4.84 Å². The fraction of sp³-hybridized carbons (Fsp3) is 0.125. The molecule has 134 valence electrons. The molecule has 4 rings (SSSR count). The topological polar surface area (TPSA) is 31.2 Å². The number of benzene rings is 2. The second kappa shape index (κ2) is 7.12. The largest absolute Gasteiger partial charge is 0.355 e. The minimum Gasteiger partial charge on any atom is -0.331 e. The molecule has 27 heavy (non-hydrogen) atoms. The van der Waals surface area contributed by atoms with Crippen molar-refractivity contribution < 1.29 is 9.63 Å². The van der Waals surface area contributed by atoms with Crippen LogP contribution < -0.4 is 4.84 Å². The van der Waals surface area contributed by atoms with Crippen molar-refractivity contribution in [2.24, 2.45) is 0 Å². The van der Waals surface area contributed by atoms with E-state index in [2.05, 4.69) is 62.1 Å². The van der Waals surface area contributed by atoms with E-state index in [1.165, 1.54) is 6.08 Å². The van der Waals surface area contributed by atoms with Crippen LogP contribution in [0.15, 0.2) is 79.4 Å². The molecule has 1 heterocycles. The number of carbonyl (C=O) groups excluding carboxylic acids is 1. The monoisotopic (exact) mass is 355 g/mol. The van der Waals surface area contributed by atoms with E-state index in [1.54, 1.807) is 4.73 Å². The molecule has 1 aromatic heterocycles. The summed E-state index contributed by atoms with van der Waals surface area (Å²) >= 11 is 0. The lowest BCUT2D eigenvalue weighted by Gasteiger charge is -2.11. The third-order valence-electron chi connectivity index (χ3n) is 4.89. The Morgan fingerprint density at radius 1 is 1.19 bits per heavy atom. The van der Waals surface area contributed by atoms with Crippen LogP contribution in [-0.4, -0.2) is 10.7 Å². The predicted octanol–water partition coefficient (Wildman–Crippen LogP) is 5.57. The fourth-order valence-corrected chi connectivity index (χ4v) is 3.67. The van der Waals surface area contributed by atoms with Crippen LogP contribution >= 0.6 is 0 Å². The SMILES string of the molecule is C=CC(=O)On1c2c(c3c4ccccc4ccc31)C(C)/C=C\C=C/C/C=C\2. The van der Waals surface area contributed by atoms with Crippen molar-refractivity contribution in [3.05, 3.63) is 90.7 Å². The average molecular weight is 355 g/mol. The van der Waals surface area contributed by atoms with Crippen molar-refractivity contribution in [2.75, 3.05) is 0 Å². The van der Waals surface area contributed by atoms with E-state index in [0.717, 1.165) is 39.4 Å². The van der Waals surface area contributed by atoms with Crippen molar-refractivity contribution >= 4 is 33.7 Å². The third kappa shape index (κ3) is 3.02. The lowest BCUT2D eigenvalue weighted by atomic mass is 9.93. The number of hydrogen-bond donors (Lipinski definition) is 0. The van der Waals surface area contributed by atoms with E-state index in [4.69, 9.17) is 4.84 Å². The van der Waals surface area contributed by atoms with E-state index in [9.17, 15) is 4.79 Å². The smallest absolute Gasteiger partial charge is 0.331 e. The van der Waals surface area contributed by atoms with Gasteiger partial charge in [-0.05, 0) is 34.9 Å². The number of allylic oxidation sites excluding steroid dienone is 5. The van der Waals surface area contributed by atoms with Gasteiger partial charge in [0.25, 0.3) is 0 Å². The molecule has 1 atom stereocenters. The van der Waals surface area contributed by atoms with Crippen LogP contribution in [0.25, 0.3) is 27.8 Å². The van der Waals surface area contributed by atoms with Crippen LogP contribution in [0.5, 0.6) is 0 Å². The molecule has 0 saturated heterocycles. The normalized spacial score (nSPS) is 20.0. The molecule has 1 unspecified atom stereocenters. The van der Waals surface area contributed by atoms with Gasteiger partial charge in [0.15, 0.2) is 0 Å². The van der Waals surface area contributed by atoms with Gasteiger partial charge in [-0.25, -0.2) is 4.79 Å². The summed E-state index contributed by atoms with van der Waals surface area (Å²) in [4.78, 5) is 17.7. The van der Waals surface area contributed by atoms with E-state index in [1.807, 2.05) is 24.3 Å². The number of carbonyl (C=O) groups is 1. The van der Waals surface area contributed by atoms with Crippen LogP contribution in [0.4, 0.5) is 0 Å². The number of aromatic nitrogens is 1. The molecule has 0 radical (unpaired) electrons. The Labute approximate surface area is 158 Å². The van der Waals surface area contributed by atoms with E-state index in [-0.39, 0.29) is 5.92 Å². The van der Waals surface area contributed by atoms with Crippen LogP contribution in [-0.2, 0) is 4.79 Å². The number of rotatable bonds is 2. The van der Waals surface area contributed by atoms with Crippen molar-refractivity contribution in [3.63, 3.8) is 0 Å². The summed E-state index contributed by atoms with van der Waals surface area (Å²) < 4.78 is 1.65.